The first-order chi connectivity index (χ1) is 7.13. The van der Waals surface area contributed by atoms with Crippen molar-refractivity contribution in [1.29, 1.82) is 0 Å². The molecule has 0 aliphatic carbocycles. The van der Waals surface area contributed by atoms with Gasteiger partial charge in [0.15, 0.2) is 5.69 Å². The van der Waals surface area contributed by atoms with Crippen molar-refractivity contribution >= 4 is 11.5 Å². The van der Waals surface area contributed by atoms with Gasteiger partial charge in [-0.25, -0.2) is 4.85 Å². The zero-order valence-corrected chi connectivity index (χ0v) is 9.16. The van der Waals surface area contributed by atoms with Crippen LogP contribution in [-0.2, 0) is 11.2 Å². The fourth-order valence-electron chi connectivity index (χ4n) is 1.29. The molecule has 0 radical (unpaired) electrons. The fourth-order valence-corrected chi connectivity index (χ4v) is 1.29. The lowest BCUT2D eigenvalue weighted by atomic mass is 10.0. The second kappa shape index (κ2) is 5.31. The molecule has 0 fully saturated rings. The van der Waals surface area contributed by atoms with Gasteiger partial charge in [-0.3, -0.25) is 4.79 Å². The summed E-state index contributed by atoms with van der Waals surface area (Å²) < 4.78 is 0. The predicted molar refractivity (Wildman–Crippen MR) is 60.9 cm³/mol. The number of carbonyl (C=O) groups excluding carboxylic acids is 1. The molecular formula is C13H15NO. The number of benzene rings is 1. The lowest BCUT2D eigenvalue weighted by molar-refractivity contribution is -0.121. The molecule has 0 aliphatic heterocycles. The van der Waals surface area contributed by atoms with Crippen LogP contribution in [-0.4, -0.2) is 5.78 Å². The molecule has 0 heterocycles. The Morgan fingerprint density at radius 3 is 2.40 bits per heavy atom. The highest BCUT2D eigenvalue weighted by Gasteiger charge is 2.06. The number of aryl methyl sites for hydroxylation is 1. The van der Waals surface area contributed by atoms with E-state index in [4.69, 9.17) is 6.57 Å². The number of hydrogen-bond acceptors (Lipinski definition) is 1. The minimum atomic E-state index is 0.118. The van der Waals surface area contributed by atoms with Gasteiger partial charge in [0.1, 0.15) is 5.78 Å². The largest absolute Gasteiger partial charge is 0.299 e. The van der Waals surface area contributed by atoms with Crippen LogP contribution < -0.4 is 0 Å². The number of nitrogens with zero attached hydrogens (tertiary/aromatic N) is 1. The third kappa shape index (κ3) is 3.55. The van der Waals surface area contributed by atoms with E-state index in [9.17, 15) is 4.79 Å². The highest BCUT2D eigenvalue weighted by Crippen LogP contribution is 2.14. The van der Waals surface area contributed by atoms with Crippen LogP contribution in [0, 0.1) is 12.5 Å². The minimum Gasteiger partial charge on any atom is -0.299 e. The average molecular weight is 201 g/mol. The molecule has 15 heavy (non-hydrogen) atoms. The van der Waals surface area contributed by atoms with Crippen molar-refractivity contribution in [3.8, 4) is 0 Å². The van der Waals surface area contributed by atoms with E-state index < -0.39 is 0 Å². The summed E-state index contributed by atoms with van der Waals surface area (Å²) in [6.07, 6.45) is 1.37. The lowest BCUT2D eigenvalue weighted by Gasteiger charge is -2.04. The van der Waals surface area contributed by atoms with E-state index in [-0.39, 0.29) is 5.92 Å². The van der Waals surface area contributed by atoms with Crippen molar-refractivity contribution in [3.05, 3.63) is 41.2 Å². The average Bonchev–Trinajstić information content (AvgIpc) is 2.26. The van der Waals surface area contributed by atoms with Crippen LogP contribution in [0.5, 0.6) is 0 Å². The summed E-state index contributed by atoms with van der Waals surface area (Å²) in [4.78, 5) is 14.7. The van der Waals surface area contributed by atoms with Crippen LogP contribution in [0.2, 0.25) is 0 Å². The summed E-state index contributed by atoms with van der Waals surface area (Å²) >= 11 is 0. The highest BCUT2D eigenvalue weighted by molar-refractivity contribution is 5.80. The molecule has 2 heteroatoms. The maximum atomic E-state index is 11.4. The van der Waals surface area contributed by atoms with Gasteiger partial charge in [0.05, 0.1) is 6.57 Å². The van der Waals surface area contributed by atoms with Crippen molar-refractivity contribution in [2.45, 2.75) is 26.7 Å². The standard InChI is InChI=1S/C13H15NO/c1-10(2)13(15)9-6-11-4-7-12(14-3)8-5-11/h4-5,7-8,10H,6,9H2,1-2H3. The third-order valence-corrected chi connectivity index (χ3v) is 2.37. The Morgan fingerprint density at radius 1 is 1.33 bits per heavy atom. The van der Waals surface area contributed by atoms with Crippen LogP contribution in [0.4, 0.5) is 5.69 Å². The summed E-state index contributed by atoms with van der Waals surface area (Å²) in [5.41, 5.74) is 1.77. The molecule has 0 aromatic heterocycles. The van der Waals surface area contributed by atoms with E-state index >= 15 is 0 Å². The molecule has 0 amide bonds. The molecule has 0 spiro atoms. The summed E-state index contributed by atoms with van der Waals surface area (Å²) in [6, 6.07) is 7.42. The molecular weight excluding hydrogens is 186 g/mol. The molecule has 1 rings (SSSR count). The third-order valence-electron chi connectivity index (χ3n) is 2.37. The van der Waals surface area contributed by atoms with Gasteiger partial charge in [-0.15, -0.1) is 0 Å². The Hall–Kier alpha value is -1.62. The smallest absolute Gasteiger partial charge is 0.187 e. The summed E-state index contributed by atoms with van der Waals surface area (Å²) in [7, 11) is 0. The first-order valence-electron chi connectivity index (χ1n) is 5.12. The molecule has 1 aromatic carbocycles. The van der Waals surface area contributed by atoms with Crippen LogP contribution in [0.1, 0.15) is 25.8 Å². The first-order valence-corrected chi connectivity index (χ1v) is 5.12. The van der Waals surface area contributed by atoms with E-state index in [1.807, 2.05) is 26.0 Å². The number of rotatable bonds is 4. The zero-order valence-electron chi connectivity index (χ0n) is 9.16. The quantitative estimate of drug-likeness (QED) is 0.684. The van der Waals surface area contributed by atoms with Crippen molar-refractivity contribution in [1.82, 2.24) is 0 Å². The highest BCUT2D eigenvalue weighted by atomic mass is 16.1. The van der Waals surface area contributed by atoms with Gasteiger partial charge in [0, 0.05) is 12.3 Å². The van der Waals surface area contributed by atoms with Gasteiger partial charge >= 0.3 is 0 Å². The van der Waals surface area contributed by atoms with Crippen molar-refractivity contribution < 1.29 is 4.79 Å². The molecule has 1 aromatic rings. The van der Waals surface area contributed by atoms with Crippen molar-refractivity contribution in [2.75, 3.05) is 0 Å². The summed E-state index contributed by atoms with van der Waals surface area (Å²) in [5.74, 6) is 0.414. The van der Waals surface area contributed by atoms with Gasteiger partial charge in [-0.2, -0.15) is 0 Å². The van der Waals surface area contributed by atoms with E-state index in [0.717, 1.165) is 12.0 Å². The molecule has 0 N–H and O–H groups in total. The molecule has 0 aliphatic rings. The van der Waals surface area contributed by atoms with Crippen molar-refractivity contribution in [3.63, 3.8) is 0 Å². The predicted octanol–water partition coefficient (Wildman–Crippen LogP) is 3.40. The molecule has 2 nitrogen and oxygen atoms in total. The Morgan fingerprint density at radius 2 is 1.93 bits per heavy atom. The maximum absolute atomic E-state index is 11.4. The molecule has 0 unspecified atom stereocenters. The minimum absolute atomic E-state index is 0.118. The van der Waals surface area contributed by atoms with Crippen LogP contribution in [0.25, 0.3) is 4.85 Å². The molecule has 0 atom stereocenters. The van der Waals surface area contributed by atoms with E-state index in [1.54, 1.807) is 12.1 Å². The molecule has 0 saturated carbocycles. The van der Waals surface area contributed by atoms with Crippen LogP contribution >= 0.6 is 0 Å². The second-order valence-corrected chi connectivity index (χ2v) is 3.90. The monoisotopic (exact) mass is 201 g/mol. The van der Waals surface area contributed by atoms with E-state index in [2.05, 4.69) is 4.85 Å². The molecule has 0 saturated heterocycles. The number of Topliss-reactive ketones (excluding diaryl/α,β-unsaturated/α-hetero) is 1. The van der Waals surface area contributed by atoms with Gasteiger partial charge in [0.25, 0.3) is 0 Å². The maximum Gasteiger partial charge on any atom is 0.187 e. The normalized spacial score (nSPS) is 10.0. The molecule has 0 bridgehead atoms. The number of ketones is 1. The van der Waals surface area contributed by atoms with Gasteiger partial charge < -0.3 is 0 Å². The van der Waals surface area contributed by atoms with Crippen LogP contribution in [0.3, 0.4) is 0 Å². The molecule has 78 valence electrons. The van der Waals surface area contributed by atoms with Crippen LogP contribution in [0.15, 0.2) is 24.3 Å². The fraction of sp³-hybridized carbons (Fsp3) is 0.385. The topological polar surface area (TPSA) is 21.4 Å². The summed E-state index contributed by atoms with van der Waals surface area (Å²) in [6.45, 7) is 10.7. The first kappa shape index (κ1) is 11.5. The van der Waals surface area contributed by atoms with Gasteiger partial charge in [-0.05, 0) is 6.42 Å². The Labute approximate surface area is 90.8 Å². The second-order valence-electron chi connectivity index (χ2n) is 3.90. The zero-order chi connectivity index (χ0) is 11.3. The summed E-state index contributed by atoms with van der Waals surface area (Å²) in [5, 5.41) is 0. The Balaban J connectivity index is 2.52. The Kier molecular flexibility index (Phi) is 4.05. The van der Waals surface area contributed by atoms with Gasteiger partial charge in [-0.1, -0.05) is 43.7 Å². The van der Waals surface area contributed by atoms with E-state index in [1.165, 1.54) is 0 Å². The lowest BCUT2D eigenvalue weighted by Crippen LogP contribution is -2.07. The number of hydrogen-bond donors (Lipinski definition) is 0. The van der Waals surface area contributed by atoms with Crippen molar-refractivity contribution in [2.24, 2.45) is 5.92 Å². The van der Waals surface area contributed by atoms with E-state index in [0.29, 0.717) is 17.9 Å². The van der Waals surface area contributed by atoms with Gasteiger partial charge in [0.2, 0.25) is 0 Å². The Bertz CT molecular complexity index is 371. The number of carbonyl (C=O) groups is 1. The SMILES string of the molecule is [C-]#[N+]c1ccc(CCC(=O)C(C)C)cc1.